The molecule has 1 aliphatic heterocycles. The second-order valence-electron chi connectivity index (χ2n) is 8.22. The number of aliphatic hydroxyl groups excluding tert-OH is 4. The van der Waals surface area contributed by atoms with Crippen LogP contribution in [0, 0.1) is 6.92 Å². The van der Waals surface area contributed by atoms with Crippen molar-refractivity contribution in [3.63, 3.8) is 0 Å². The number of ether oxygens (including phenoxy) is 1. The second kappa shape index (κ2) is 9.61. The zero-order valence-electron chi connectivity index (χ0n) is 18.8. The van der Waals surface area contributed by atoms with Crippen LogP contribution in [0.2, 0.25) is 0 Å². The molecule has 0 radical (unpaired) electrons. The summed E-state index contributed by atoms with van der Waals surface area (Å²) in [6.07, 6.45) is -9.16. The summed E-state index contributed by atoms with van der Waals surface area (Å²) in [4.78, 5) is 37.9. The number of fused-ring (bicyclic) bond motifs is 2. The van der Waals surface area contributed by atoms with Gasteiger partial charge in [0, 0.05) is 16.7 Å². The third-order valence-electron chi connectivity index (χ3n) is 6.32. The first-order chi connectivity index (χ1) is 16.3. The molecule has 0 aromatic heterocycles. The minimum atomic E-state index is -2.04. The molecule has 36 heavy (non-hydrogen) atoms. The Morgan fingerprint density at radius 1 is 0.917 bits per heavy atom. The van der Waals surface area contributed by atoms with Crippen LogP contribution in [0.3, 0.4) is 0 Å². The first-order valence-corrected chi connectivity index (χ1v) is 10.1. The number of rotatable bonds is 3. The SMILES string of the molecule is Cc1c(C(=O)[O-])c(O)cc2c1C(=O)c1c(O)c([C@@H]3OC(CO)[C@@H](O)[C@H](O)[C@H]3O)c(O)c(O)c1C2=O.[Na+]. The molecule has 2 aromatic carbocycles. The van der Waals surface area contributed by atoms with Crippen LogP contribution < -0.4 is 34.7 Å². The average molecular weight is 514 g/mol. The molecule has 1 saturated heterocycles. The normalized spacial score (nSPS) is 25.1. The van der Waals surface area contributed by atoms with Crippen molar-refractivity contribution in [2.24, 2.45) is 0 Å². The van der Waals surface area contributed by atoms with Crippen LogP contribution in [-0.4, -0.2) is 89.4 Å². The fourth-order valence-electron chi connectivity index (χ4n) is 4.57. The van der Waals surface area contributed by atoms with Crippen LogP contribution in [-0.2, 0) is 4.74 Å². The van der Waals surface area contributed by atoms with E-state index >= 15 is 0 Å². The van der Waals surface area contributed by atoms with Crippen LogP contribution in [0.15, 0.2) is 6.07 Å². The van der Waals surface area contributed by atoms with Gasteiger partial charge in [0.05, 0.1) is 29.3 Å². The summed E-state index contributed by atoms with van der Waals surface area (Å²) in [6, 6.07) is 0.676. The number of benzene rings is 2. The third-order valence-corrected chi connectivity index (χ3v) is 6.32. The van der Waals surface area contributed by atoms with Gasteiger partial charge in [-0.15, -0.1) is 0 Å². The van der Waals surface area contributed by atoms with Crippen LogP contribution in [0.4, 0.5) is 0 Å². The standard InChI is InChI=1S/C22H20O13.Na/c1-4-8-5(2-6(24)9(4)22(33)34)13(25)10-11(15(8)27)16(28)12(18(30)17(10)29)21-20(32)19(31)14(26)7(3-23)35-21;/h2,7,14,19-21,23-24,26,28-32H,3H2,1H3,(H,33,34);/q;+1/p-1/t7?,14-,19+,20-,21+;/m1./s1. The van der Waals surface area contributed by atoms with E-state index in [1.807, 2.05) is 0 Å². The quantitative estimate of drug-likeness (QED) is 0.0924. The summed E-state index contributed by atoms with van der Waals surface area (Å²) in [5.41, 5.74) is -4.78. The zero-order valence-corrected chi connectivity index (χ0v) is 20.8. The maximum Gasteiger partial charge on any atom is 1.00 e. The Bertz CT molecular complexity index is 1300. The predicted octanol–water partition coefficient (Wildman–Crippen LogP) is -5.52. The van der Waals surface area contributed by atoms with Gasteiger partial charge in [0.15, 0.2) is 23.1 Å². The van der Waals surface area contributed by atoms with E-state index in [1.165, 1.54) is 0 Å². The Balaban J connectivity index is 0.00000361. The van der Waals surface area contributed by atoms with Crippen LogP contribution in [0.1, 0.15) is 59.4 Å². The van der Waals surface area contributed by atoms with Gasteiger partial charge in [0.2, 0.25) is 0 Å². The number of carbonyl (C=O) groups is 3. The van der Waals surface area contributed by atoms with Gasteiger partial charge in [-0.25, -0.2) is 0 Å². The molecule has 0 bridgehead atoms. The summed E-state index contributed by atoms with van der Waals surface area (Å²) < 4.78 is 5.29. The number of carboxylic acid groups (broad SMARTS) is 1. The molecule has 0 saturated carbocycles. The number of phenols is 4. The van der Waals surface area contributed by atoms with Crippen molar-refractivity contribution in [3.05, 3.63) is 45.0 Å². The van der Waals surface area contributed by atoms with Crippen molar-refractivity contribution in [3.8, 4) is 23.0 Å². The molecule has 13 nitrogen and oxygen atoms in total. The molecule has 1 heterocycles. The molecule has 0 amide bonds. The molecule has 1 aliphatic carbocycles. The van der Waals surface area contributed by atoms with Gasteiger partial charge >= 0.3 is 29.6 Å². The van der Waals surface area contributed by atoms with Crippen LogP contribution >= 0.6 is 0 Å². The summed E-state index contributed by atoms with van der Waals surface area (Å²) >= 11 is 0. The van der Waals surface area contributed by atoms with Crippen LogP contribution in [0.5, 0.6) is 23.0 Å². The van der Waals surface area contributed by atoms with E-state index in [0.29, 0.717) is 6.07 Å². The zero-order chi connectivity index (χ0) is 26.1. The Morgan fingerprint density at radius 2 is 1.50 bits per heavy atom. The topological polar surface area (TPSA) is 245 Å². The van der Waals surface area contributed by atoms with Crippen molar-refractivity contribution < 1.29 is 94.6 Å². The number of aromatic hydroxyl groups is 4. The van der Waals surface area contributed by atoms with Crippen molar-refractivity contribution >= 4 is 17.5 Å². The first kappa shape index (κ1) is 27.8. The number of ketones is 2. The average Bonchev–Trinajstić information content (AvgIpc) is 2.79. The Hall–Kier alpha value is -2.75. The Morgan fingerprint density at radius 3 is 2.06 bits per heavy atom. The smallest absolute Gasteiger partial charge is 0.545 e. The van der Waals surface area contributed by atoms with Gasteiger partial charge in [0.1, 0.15) is 42.0 Å². The number of aromatic carboxylic acids is 1. The van der Waals surface area contributed by atoms with E-state index in [0.717, 1.165) is 6.92 Å². The number of hydrogen-bond donors (Lipinski definition) is 8. The number of hydrogen-bond acceptors (Lipinski definition) is 13. The maximum absolute atomic E-state index is 13.4. The summed E-state index contributed by atoms with van der Waals surface area (Å²) in [5.74, 6) is -8.64. The molecule has 1 unspecified atom stereocenters. The summed E-state index contributed by atoms with van der Waals surface area (Å²) in [5, 5.41) is 93.4. The Kier molecular flexibility index (Phi) is 7.43. The fraction of sp³-hybridized carbons (Fsp3) is 0.318. The van der Waals surface area contributed by atoms with E-state index < -0.39 is 111 Å². The van der Waals surface area contributed by atoms with E-state index in [9.17, 15) is 60.3 Å². The largest absolute Gasteiger partial charge is 1.00 e. The number of carbonyl (C=O) groups excluding carboxylic acids is 3. The third kappa shape index (κ3) is 3.76. The first-order valence-electron chi connectivity index (χ1n) is 10.1. The minimum absolute atomic E-state index is 0. The molecular weight excluding hydrogens is 495 g/mol. The molecule has 8 N–H and O–H groups in total. The van der Waals surface area contributed by atoms with Crippen molar-refractivity contribution in [2.45, 2.75) is 37.4 Å². The van der Waals surface area contributed by atoms with Gasteiger partial charge in [-0.2, -0.15) is 0 Å². The van der Waals surface area contributed by atoms with Gasteiger partial charge in [-0.05, 0) is 18.6 Å². The van der Waals surface area contributed by atoms with E-state index in [4.69, 9.17) is 4.74 Å². The summed E-state index contributed by atoms with van der Waals surface area (Å²) in [7, 11) is 0. The number of carboxylic acids is 1. The van der Waals surface area contributed by atoms with E-state index in [-0.39, 0.29) is 35.1 Å². The molecule has 2 aromatic rings. The minimum Gasteiger partial charge on any atom is -0.545 e. The molecule has 186 valence electrons. The molecule has 14 heteroatoms. The van der Waals surface area contributed by atoms with Gasteiger partial charge in [0.25, 0.3) is 0 Å². The number of phenolic OH excluding ortho intramolecular Hbond substituents is 3. The molecule has 2 aliphatic rings. The van der Waals surface area contributed by atoms with Crippen LogP contribution in [0.25, 0.3) is 0 Å². The molecular formula is C22H19NaO13. The molecule has 0 spiro atoms. The van der Waals surface area contributed by atoms with Crippen molar-refractivity contribution in [1.29, 1.82) is 0 Å². The fourth-order valence-corrected chi connectivity index (χ4v) is 4.57. The van der Waals surface area contributed by atoms with E-state index in [1.54, 1.807) is 0 Å². The van der Waals surface area contributed by atoms with Crippen molar-refractivity contribution in [2.75, 3.05) is 6.61 Å². The maximum atomic E-state index is 13.4. The van der Waals surface area contributed by atoms with Gasteiger partial charge < -0.3 is 55.5 Å². The summed E-state index contributed by atoms with van der Waals surface area (Å²) in [6.45, 7) is 0.245. The van der Waals surface area contributed by atoms with Gasteiger partial charge in [-0.1, -0.05) is 0 Å². The van der Waals surface area contributed by atoms with Gasteiger partial charge in [-0.3, -0.25) is 9.59 Å². The number of aliphatic hydroxyl groups is 4. The second-order valence-corrected chi connectivity index (χ2v) is 8.22. The molecule has 1 fully saturated rings. The Labute approximate surface area is 223 Å². The monoisotopic (exact) mass is 514 g/mol. The molecule has 5 atom stereocenters. The predicted molar refractivity (Wildman–Crippen MR) is 108 cm³/mol. The van der Waals surface area contributed by atoms with E-state index in [2.05, 4.69) is 0 Å². The van der Waals surface area contributed by atoms with Crippen molar-refractivity contribution in [1.82, 2.24) is 0 Å². The molecule has 4 rings (SSSR count).